The summed E-state index contributed by atoms with van der Waals surface area (Å²) < 4.78 is 12.1. The minimum absolute atomic E-state index is 0.172. The van der Waals surface area contributed by atoms with Crippen LogP contribution in [-0.4, -0.2) is 29.3 Å². The molecule has 0 saturated carbocycles. The molecular weight excluding hydrogens is 436 g/mol. The maximum Gasteiger partial charge on any atom is 0.410 e. The molecule has 5 rings (SSSR count). The number of nitrogens with zero attached hydrogens (tertiary/aromatic N) is 2. The lowest BCUT2D eigenvalue weighted by Gasteiger charge is -2.08. The van der Waals surface area contributed by atoms with Crippen LogP contribution >= 0.6 is 11.8 Å². The van der Waals surface area contributed by atoms with Gasteiger partial charge in [-0.25, -0.2) is 4.99 Å². The van der Waals surface area contributed by atoms with Crippen LogP contribution in [0.3, 0.4) is 0 Å². The van der Waals surface area contributed by atoms with Gasteiger partial charge in [0.25, 0.3) is 0 Å². The molecule has 2 heterocycles. The Kier molecular flexibility index (Phi) is 6.51. The first-order chi connectivity index (χ1) is 15.8. The minimum atomic E-state index is -0.632. The highest BCUT2D eigenvalue weighted by Gasteiger charge is 2.47. The Bertz CT molecular complexity index is 1050. The first kappa shape index (κ1) is 21.2. The molecule has 2 aliphatic heterocycles. The highest BCUT2D eigenvalue weighted by atomic mass is 32.2. The Hall–Kier alpha value is -2.70. The van der Waals surface area contributed by atoms with Crippen LogP contribution in [0.5, 0.6) is 0 Å². The lowest BCUT2D eigenvalue weighted by molar-refractivity contribution is 0.207. The van der Waals surface area contributed by atoms with Gasteiger partial charge in [-0.3, -0.25) is 0 Å². The predicted octanol–water partition coefficient (Wildman–Crippen LogP) is 5.41. The molecule has 4 nitrogen and oxygen atoms in total. The zero-order valence-electron chi connectivity index (χ0n) is 17.7. The molecule has 162 valence electrons. The number of thioether (sulfide) groups is 1. The van der Waals surface area contributed by atoms with Gasteiger partial charge < -0.3 is 9.47 Å². The van der Waals surface area contributed by atoms with E-state index in [1.54, 1.807) is 11.8 Å². The highest BCUT2D eigenvalue weighted by Crippen LogP contribution is 2.33. The fourth-order valence-corrected chi connectivity index (χ4v) is 6.54. The summed E-state index contributed by atoms with van der Waals surface area (Å²) in [6, 6.07) is 31.5. The SMILES string of the molecule is c1ccc(CSC2=NC3(CO2)COC([S+](Cc2ccccc2)Cc2ccccc2)=N3)cc1. The molecule has 0 aromatic heterocycles. The van der Waals surface area contributed by atoms with E-state index in [1.165, 1.54) is 16.7 Å². The van der Waals surface area contributed by atoms with Crippen LogP contribution in [-0.2, 0) is 37.6 Å². The summed E-state index contributed by atoms with van der Waals surface area (Å²) in [5.41, 5.74) is 3.21. The molecule has 6 heteroatoms. The fourth-order valence-electron chi connectivity index (χ4n) is 3.62. The molecular formula is C26H25N2O2S2+. The Balaban J connectivity index is 1.32. The maximum atomic E-state index is 6.17. The number of hydrogen-bond donors (Lipinski definition) is 0. The topological polar surface area (TPSA) is 43.2 Å². The summed E-state index contributed by atoms with van der Waals surface area (Å²) in [7, 11) is -0.172. The predicted molar refractivity (Wildman–Crippen MR) is 135 cm³/mol. The summed E-state index contributed by atoms with van der Waals surface area (Å²) in [4.78, 5) is 9.83. The quantitative estimate of drug-likeness (QED) is 0.461. The third-order valence-electron chi connectivity index (χ3n) is 5.27. The van der Waals surface area contributed by atoms with Crippen LogP contribution in [0.4, 0.5) is 0 Å². The summed E-state index contributed by atoms with van der Waals surface area (Å²) >= 11 is 1.62. The molecule has 2 aliphatic rings. The van der Waals surface area contributed by atoms with E-state index in [0.29, 0.717) is 18.4 Å². The van der Waals surface area contributed by atoms with Crippen molar-refractivity contribution in [1.29, 1.82) is 0 Å². The second-order valence-corrected chi connectivity index (χ2v) is 10.7. The molecule has 32 heavy (non-hydrogen) atoms. The molecule has 3 aromatic carbocycles. The minimum Gasteiger partial charge on any atom is -0.468 e. The molecule has 0 saturated heterocycles. The molecule has 0 radical (unpaired) electrons. The van der Waals surface area contributed by atoms with E-state index < -0.39 is 5.66 Å². The van der Waals surface area contributed by atoms with Crippen molar-refractivity contribution in [3.63, 3.8) is 0 Å². The molecule has 0 N–H and O–H groups in total. The Labute approximate surface area is 196 Å². The zero-order valence-corrected chi connectivity index (χ0v) is 19.4. The Morgan fingerprint density at radius 3 is 1.81 bits per heavy atom. The normalized spacial score (nSPS) is 19.5. The van der Waals surface area contributed by atoms with Gasteiger partial charge in [-0.2, -0.15) is 4.99 Å². The Morgan fingerprint density at radius 2 is 1.22 bits per heavy atom. The number of rotatable bonds is 6. The molecule has 0 fully saturated rings. The van der Waals surface area contributed by atoms with E-state index in [4.69, 9.17) is 19.5 Å². The third kappa shape index (κ3) is 5.19. The Morgan fingerprint density at radius 1 is 0.688 bits per heavy atom. The van der Waals surface area contributed by atoms with Gasteiger partial charge in [0.1, 0.15) is 24.7 Å². The molecule has 0 bridgehead atoms. The van der Waals surface area contributed by atoms with Crippen molar-refractivity contribution in [3.8, 4) is 0 Å². The van der Waals surface area contributed by atoms with Crippen molar-refractivity contribution in [2.75, 3.05) is 13.2 Å². The van der Waals surface area contributed by atoms with Gasteiger partial charge in [-0.1, -0.05) is 103 Å². The van der Waals surface area contributed by atoms with Crippen molar-refractivity contribution in [2.45, 2.75) is 22.9 Å². The number of ether oxygens (including phenoxy) is 2. The van der Waals surface area contributed by atoms with Crippen LogP contribution in [0.2, 0.25) is 0 Å². The van der Waals surface area contributed by atoms with E-state index in [-0.39, 0.29) is 10.9 Å². The summed E-state index contributed by atoms with van der Waals surface area (Å²) in [6.45, 7) is 0.895. The van der Waals surface area contributed by atoms with E-state index in [1.807, 2.05) is 6.07 Å². The number of benzene rings is 3. The van der Waals surface area contributed by atoms with Crippen molar-refractivity contribution >= 4 is 33.1 Å². The molecule has 1 unspecified atom stereocenters. The smallest absolute Gasteiger partial charge is 0.410 e. The van der Waals surface area contributed by atoms with Crippen LogP contribution < -0.4 is 0 Å². The highest BCUT2D eigenvalue weighted by molar-refractivity contribution is 8.12. The average Bonchev–Trinajstić information content (AvgIpc) is 3.46. The summed E-state index contributed by atoms with van der Waals surface area (Å²) in [6.07, 6.45) is 0. The average molecular weight is 462 g/mol. The fraction of sp³-hybridized carbons (Fsp3) is 0.231. The lowest BCUT2D eigenvalue weighted by atomic mass is 10.2. The van der Waals surface area contributed by atoms with Crippen LogP contribution in [0.1, 0.15) is 16.7 Å². The first-order valence-electron chi connectivity index (χ1n) is 10.7. The van der Waals surface area contributed by atoms with Crippen LogP contribution in [0.15, 0.2) is 101 Å². The van der Waals surface area contributed by atoms with E-state index in [2.05, 4.69) is 84.9 Å². The van der Waals surface area contributed by atoms with Gasteiger partial charge in [0.05, 0.1) is 10.9 Å². The van der Waals surface area contributed by atoms with Gasteiger partial charge in [0.2, 0.25) is 10.9 Å². The molecule has 0 aliphatic carbocycles. The first-order valence-corrected chi connectivity index (χ1v) is 13.2. The third-order valence-corrected chi connectivity index (χ3v) is 8.27. The van der Waals surface area contributed by atoms with E-state index in [0.717, 1.165) is 22.5 Å². The van der Waals surface area contributed by atoms with E-state index >= 15 is 0 Å². The number of hydrogen-bond acceptors (Lipinski definition) is 5. The van der Waals surface area contributed by atoms with Gasteiger partial charge >= 0.3 is 5.23 Å². The van der Waals surface area contributed by atoms with Crippen molar-refractivity contribution in [1.82, 2.24) is 0 Å². The van der Waals surface area contributed by atoms with Gasteiger partial charge in [-0.15, -0.1) is 0 Å². The lowest BCUT2D eigenvalue weighted by Crippen LogP contribution is -2.26. The van der Waals surface area contributed by atoms with Crippen LogP contribution in [0.25, 0.3) is 0 Å². The van der Waals surface area contributed by atoms with Crippen molar-refractivity contribution in [2.24, 2.45) is 9.98 Å². The summed E-state index contributed by atoms with van der Waals surface area (Å²) in [5.74, 6) is 2.65. The molecule has 0 amide bonds. The molecule has 3 aromatic rings. The van der Waals surface area contributed by atoms with E-state index in [9.17, 15) is 0 Å². The zero-order chi connectivity index (χ0) is 21.6. The maximum absolute atomic E-state index is 6.17. The standard InChI is InChI=1S/C26H25N2O2S2/c1-4-10-21(11-5-1)16-31-24-27-26(19-29-24)20-30-25(28-26)32(17-22-12-6-2-7-13-22)18-23-14-8-3-9-15-23/h1-15H,16-20H2/q+1. The van der Waals surface area contributed by atoms with Crippen molar-refractivity contribution in [3.05, 3.63) is 108 Å². The largest absolute Gasteiger partial charge is 0.468 e. The number of aliphatic imine (C=N–C) groups is 2. The van der Waals surface area contributed by atoms with Gasteiger partial charge in [-0.05, 0) is 5.56 Å². The molecule has 1 spiro atoms. The van der Waals surface area contributed by atoms with Crippen LogP contribution in [0, 0.1) is 0 Å². The van der Waals surface area contributed by atoms with Gasteiger partial charge in [0.15, 0.2) is 0 Å². The van der Waals surface area contributed by atoms with Gasteiger partial charge in [0, 0.05) is 16.9 Å². The second kappa shape index (κ2) is 9.84. The second-order valence-electron chi connectivity index (χ2n) is 7.84. The molecule has 1 atom stereocenters. The monoisotopic (exact) mass is 461 g/mol. The summed E-state index contributed by atoms with van der Waals surface area (Å²) in [5, 5.41) is 1.52. The van der Waals surface area contributed by atoms with Crippen molar-refractivity contribution < 1.29 is 9.47 Å².